The number of nitrogens with zero attached hydrogens (tertiary/aromatic N) is 2. The van der Waals surface area contributed by atoms with Crippen molar-refractivity contribution in [2.75, 3.05) is 38.0 Å². The molecule has 2 heterocycles. The molecule has 2 amide bonds. The molecule has 0 unspecified atom stereocenters. The van der Waals surface area contributed by atoms with Crippen molar-refractivity contribution in [3.63, 3.8) is 0 Å². The molecular weight excluding hydrogens is 398 g/mol. The minimum Gasteiger partial charge on any atom is -0.456 e. The average Bonchev–Trinajstić information content (AvgIpc) is 3.08. The van der Waals surface area contributed by atoms with Crippen molar-refractivity contribution in [1.82, 2.24) is 9.80 Å². The molecule has 1 N–H and O–H groups in total. The van der Waals surface area contributed by atoms with Crippen LogP contribution in [0.25, 0.3) is 0 Å². The van der Waals surface area contributed by atoms with Gasteiger partial charge in [0, 0.05) is 49.3 Å². The summed E-state index contributed by atoms with van der Waals surface area (Å²) in [7, 11) is 0. The number of piperazine rings is 1. The maximum atomic E-state index is 12.4. The molecule has 1 aromatic carbocycles. The first-order chi connectivity index (χ1) is 12.5. The van der Waals surface area contributed by atoms with Crippen LogP contribution in [0.5, 0.6) is 0 Å². The number of nitrogens with one attached hydrogen (secondary N) is 1. The Labute approximate surface area is 161 Å². The lowest BCUT2D eigenvalue weighted by Gasteiger charge is -2.34. The van der Waals surface area contributed by atoms with Gasteiger partial charge >= 0.3 is 0 Å². The van der Waals surface area contributed by atoms with Gasteiger partial charge in [-0.15, -0.1) is 0 Å². The van der Waals surface area contributed by atoms with Crippen molar-refractivity contribution in [1.29, 1.82) is 0 Å². The summed E-state index contributed by atoms with van der Waals surface area (Å²) in [5.41, 5.74) is 0.794. The van der Waals surface area contributed by atoms with E-state index in [1.807, 2.05) is 31.2 Å². The Bertz CT molecular complexity index is 765. The fourth-order valence-corrected chi connectivity index (χ4v) is 3.16. The van der Waals surface area contributed by atoms with Crippen LogP contribution in [0.15, 0.2) is 45.3 Å². The number of carbonyl (C=O) groups is 2. The van der Waals surface area contributed by atoms with E-state index in [2.05, 4.69) is 26.1 Å². The van der Waals surface area contributed by atoms with Crippen molar-refractivity contribution in [3.8, 4) is 0 Å². The maximum absolute atomic E-state index is 12.4. The molecule has 1 aliphatic heterocycles. The van der Waals surface area contributed by atoms with Crippen molar-refractivity contribution >= 4 is 33.4 Å². The predicted molar refractivity (Wildman–Crippen MR) is 103 cm³/mol. The standard InChI is InChI=1S/C19H22BrN3O3/c1-14-2-7-17(26-14)19(25)23-12-10-22(11-13-23)9-8-18(24)21-16-5-3-15(20)4-6-16/h2-7H,8-13H2,1H3,(H,21,24). The van der Waals surface area contributed by atoms with E-state index >= 15 is 0 Å². The van der Waals surface area contributed by atoms with Crippen LogP contribution in [-0.4, -0.2) is 54.3 Å². The number of furan rings is 1. The number of rotatable bonds is 5. The van der Waals surface area contributed by atoms with Gasteiger partial charge in [0.05, 0.1) is 0 Å². The van der Waals surface area contributed by atoms with Gasteiger partial charge in [-0.1, -0.05) is 15.9 Å². The Morgan fingerprint density at radius 3 is 2.38 bits per heavy atom. The second-order valence-electron chi connectivity index (χ2n) is 6.35. The molecule has 1 fully saturated rings. The third-order valence-corrected chi connectivity index (χ3v) is 4.92. The molecule has 3 rings (SSSR count). The lowest BCUT2D eigenvalue weighted by Crippen LogP contribution is -2.49. The predicted octanol–water partition coefficient (Wildman–Crippen LogP) is 3.14. The molecule has 1 aliphatic rings. The number of hydrogen-bond acceptors (Lipinski definition) is 4. The molecule has 0 atom stereocenters. The molecule has 0 spiro atoms. The van der Waals surface area contributed by atoms with Crippen molar-refractivity contribution in [2.24, 2.45) is 0 Å². The Morgan fingerprint density at radius 2 is 1.77 bits per heavy atom. The summed E-state index contributed by atoms with van der Waals surface area (Å²) in [5, 5.41) is 2.90. The van der Waals surface area contributed by atoms with E-state index in [1.165, 1.54) is 0 Å². The van der Waals surface area contributed by atoms with Gasteiger partial charge in [-0.05, 0) is 43.3 Å². The Morgan fingerprint density at radius 1 is 1.08 bits per heavy atom. The summed E-state index contributed by atoms with van der Waals surface area (Å²) in [4.78, 5) is 28.4. The average molecular weight is 420 g/mol. The number of aryl methyl sites for hydroxylation is 1. The molecule has 7 heteroatoms. The molecule has 6 nitrogen and oxygen atoms in total. The number of halogens is 1. The lowest BCUT2D eigenvalue weighted by molar-refractivity contribution is -0.116. The van der Waals surface area contributed by atoms with Crippen LogP contribution in [0.3, 0.4) is 0 Å². The maximum Gasteiger partial charge on any atom is 0.289 e. The van der Waals surface area contributed by atoms with Crippen LogP contribution < -0.4 is 5.32 Å². The second-order valence-corrected chi connectivity index (χ2v) is 7.26. The molecule has 26 heavy (non-hydrogen) atoms. The minimum atomic E-state index is -0.0641. The Balaban J connectivity index is 1.40. The summed E-state index contributed by atoms with van der Waals surface area (Å²) in [6.07, 6.45) is 0.432. The molecule has 0 aliphatic carbocycles. The SMILES string of the molecule is Cc1ccc(C(=O)N2CCN(CCC(=O)Nc3ccc(Br)cc3)CC2)o1. The first kappa shape index (κ1) is 18.7. The van der Waals surface area contributed by atoms with Crippen LogP contribution in [0.2, 0.25) is 0 Å². The summed E-state index contributed by atoms with van der Waals surface area (Å²) in [6, 6.07) is 11.0. The summed E-state index contributed by atoms with van der Waals surface area (Å²) < 4.78 is 6.39. The number of anilines is 1. The minimum absolute atomic E-state index is 0.00288. The first-order valence-electron chi connectivity index (χ1n) is 8.65. The van der Waals surface area contributed by atoms with Crippen LogP contribution in [0, 0.1) is 6.92 Å². The normalized spacial score (nSPS) is 15.1. The number of benzene rings is 1. The van der Waals surface area contributed by atoms with Crippen LogP contribution in [-0.2, 0) is 4.79 Å². The van der Waals surface area contributed by atoms with Gasteiger partial charge in [0.15, 0.2) is 5.76 Å². The van der Waals surface area contributed by atoms with E-state index in [9.17, 15) is 9.59 Å². The molecule has 0 bridgehead atoms. The number of hydrogen-bond donors (Lipinski definition) is 1. The molecule has 1 saturated heterocycles. The van der Waals surface area contributed by atoms with Crippen LogP contribution in [0.4, 0.5) is 5.69 Å². The fourth-order valence-electron chi connectivity index (χ4n) is 2.90. The Kier molecular flexibility index (Phi) is 6.11. The number of amides is 2. The van der Waals surface area contributed by atoms with E-state index in [4.69, 9.17) is 4.42 Å². The molecule has 1 aromatic heterocycles. The third kappa shape index (κ3) is 4.95. The van der Waals surface area contributed by atoms with Crippen molar-refractivity contribution in [3.05, 3.63) is 52.4 Å². The molecule has 2 aromatic rings. The molecule has 0 radical (unpaired) electrons. The van der Waals surface area contributed by atoms with E-state index in [0.717, 1.165) is 29.0 Å². The highest BCUT2D eigenvalue weighted by molar-refractivity contribution is 9.10. The van der Waals surface area contributed by atoms with Gasteiger partial charge in [0.25, 0.3) is 5.91 Å². The van der Waals surface area contributed by atoms with Gasteiger partial charge < -0.3 is 14.6 Å². The van der Waals surface area contributed by atoms with E-state index in [-0.39, 0.29) is 11.8 Å². The van der Waals surface area contributed by atoms with E-state index in [0.29, 0.717) is 31.8 Å². The quantitative estimate of drug-likeness (QED) is 0.808. The van der Waals surface area contributed by atoms with Gasteiger partial charge in [0.2, 0.25) is 5.91 Å². The summed E-state index contributed by atoms with van der Waals surface area (Å²) >= 11 is 3.37. The second kappa shape index (κ2) is 8.51. The monoisotopic (exact) mass is 419 g/mol. The van der Waals surface area contributed by atoms with E-state index in [1.54, 1.807) is 17.0 Å². The Hall–Kier alpha value is -2.12. The highest BCUT2D eigenvalue weighted by atomic mass is 79.9. The molecular formula is C19H22BrN3O3. The largest absolute Gasteiger partial charge is 0.456 e. The smallest absolute Gasteiger partial charge is 0.289 e. The van der Waals surface area contributed by atoms with Crippen LogP contribution in [0.1, 0.15) is 22.7 Å². The van der Waals surface area contributed by atoms with Gasteiger partial charge in [-0.25, -0.2) is 0 Å². The third-order valence-electron chi connectivity index (χ3n) is 4.39. The van der Waals surface area contributed by atoms with Crippen molar-refractivity contribution < 1.29 is 14.0 Å². The summed E-state index contributed by atoms with van der Waals surface area (Å²) in [6.45, 7) is 5.33. The lowest BCUT2D eigenvalue weighted by atomic mass is 10.2. The van der Waals surface area contributed by atoms with Gasteiger partial charge in [-0.3, -0.25) is 14.5 Å². The zero-order valence-electron chi connectivity index (χ0n) is 14.7. The highest BCUT2D eigenvalue weighted by Crippen LogP contribution is 2.15. The summed E-state index contributed by atoms with van der Waals surface area (Å²) in [5.74, 6) is 1.07. The fraction of sp³-hybridized carbons (Fsp3) is 0.368. The van der Waals surface area contributed by atoms with Gasteiger partial charge in [-0.2, -0.15) is 0 Å². The topological polar surface area (TPSA) is 65.8 Å². The van der Waals surface area contributed by atoms with Crippen molar-refractivity contribution in [2.45, 2.75) is 13.3 Å². The highest BCUT2D eigenvalue weighted by Gasteiger charge is 2.24. The van der Waals surface area contributed by atoms with Crippen LogP contribution >= 0.6 is 15.9 Å². The zero-order chi connectivity index (χ0) is 18.5. The molecule has 138 valence electrons. The zero-order valence-corrected chi connectivity index (χ0v) is 16.3. The van der Waals surface area contributed by atoms with E-state index < -0.39 is 0 Å². The first-order valence-corrected chi connectivity index (χ1v) is 9.44. The van der Waals surface area contributed by atoms with Gasteiger partial charge in [0.1, 0.15) is 5.76 Å². The molecule has 0 saturated carbocycles. The number of carbonyl (C=O) groups excluding carboxylic acids is 2.